The van der Waals surface area contributed by atoms with Gasteiger partial charge in [-0.1, -0.05) is 152 Å². The van der Waals surface area contributed by atoms with Gasteiger partial charge in [-0.05, 0) is 81.7 Å². The minimum Gasteiger partial charge on any atom is -0.455 e. The van der Waals surface area contributed by atoms with Gasteiger partial charge in [-0.15, -0.1) is 0 Å². The van der Waals surface area contributed by atoms with Gasteiger partial charge in [0.25, 0.3) is 0 Å². The molecule has 6 nitrogen and oxygen atoms in total. The molecule has 4 aromatic heterocycles. The summed E-state index contributed by atoms with van der Waals surface area (Å²) < 4.78 is 15.8. The fourth-order valence-corrected chi connectivity index (χ4v) is 9.94. The van der Waals surface area contributed by atoms with Crippen molar-refractivity contribution in [1.82, 2.24) is 19.5 Å². The molecule has 0 aliphatic heterocycles. The van der Waals surface area contributed by atoms with E-state index in [1.165, 1.54) is 32.3 Å². The van der Waals surface area contributed by atoms with Crippen molar-refractivity contribution >= 4 is 87.2 Å². The summed E-state index contributed by atoms with van der Waals surface area (Å²) in [4.78, 5) is 15.2. The number of hydrogen-bond acceptors (Lipinski definition) is 5. The van der Waals surface area contributed by atoms with Gasteiger partial charge in [-0.3, -0.25) is 0 Å². The molecule has 0 bridgehead atoms. The molecule has 0 unspecified atom stereocenters. The monoisotopic (exact) mass is 830 g/mol. The maximum atomic E-state index is 6.89. The van der Waals surface area contributed by atoms with Crippen molar-refractivity contribution in [3.63, 3.8) is 0 Å². The highest BCUT2D eigenvalue weighted by Gasteiger charge is 2.23. The van der Waals surface area contributed by atoms with Crippen molar-refractivity contribution < 1.29 is 8.83 Å². The largest absolute Gasteiger partial charge is 0.455 e. The zero-order valence-electron chi connectivity index (χ0n) is 34.7. The Morgan fingerprint density at radius 2 is 0.831 bits per heavy atom. The van der Waals surface area contributed by atoms with Crippen LogP contribution in [-0.4, -0.2) is 19.5 Å². The van der Waals surface area contributed by atoms with Gasteiger partial charge >= 0.3 is 0 Å². The molecule has 0 aliphatic rings. The van der Waals surface area contributed by atoms with Crippen molar-refractivity contribution in [1.29, 1.82) is 0 Å². The number of hydrogen-bond donors (Lipinski definition) is 0. The van der Waals surface area contributed by atoms with Crippen molar-refractivity contribution in [3.8, 4) is 51.0 Å². The van der Waals surface area contributed by atoms with Gasteiger partial charge in [-0.2, -0.15) is 0 Å². The zero-order chi connectivity index (χ0) is 42.6. The van der Waals surface area contributed by atoms with Crippen LogP contribution in [0.4, 0.5) is 0 Å². The van der Waals surface area contributed by atoms with Crippen LogP contribution in [0.3, 0.4) is 0 Å². The Morgan fingerprint density at radius 1 is 0.323 bits per heavy atom. The maximum Gasteiger partial charge on any atom is 0.167 e. The minimum atomic E-state index is 0.549. The fourth-order valence-electron chi connectivity index (χ4n) is 9.94. The number of fused-ring (bicyclic) bond motifs is 11. The van der Waals surface area contributed by atoms with E-state index in [-0.39, 0.29) is 0 Å². The van der Waals surface area contributed by atoms with Crippen LogP contribution in [0.1, 0.15) is 0 Å². The normalized spacial score (nSPS) is 12.0. The van der Waals surface area contributed by atoms with Crippen LogP contribution in [0.25, 0.3) is 138 Å². The number of furan rings is 2. The summed E-state index contributed by atoms with van der Waals surface area (Å²) in [6, 6.07) is 72.2. The number of nitrogens with zero attached hydrogens (tertiary/aromatic N) is 4. The molecule has 65 heavy (non-hydrogen) atoms. The Hall–Kier alpha value is -8.87. The summed E-state index contributed by atoms with van der Waals surface area (Å²) >= 11 is 0. The molecule has 10 aromatic carbocycles. The standard InChI is InChI=1S/C59H34N4O2/c1-2-13-36(14-3-1)57-60-58(62-59(61-57)46-22-12-21-44-43-19-8-10-23-52(43)64-55(44)46)37-27-25-35(26-28-37)42-29-30-49(54-45-20-9-11-24-53(45)65-56(42)54)63-50-33-40-17-6-4-15-38(40)31-47(50)48-32-39-16-5-7-18-41(39)34-51(48)63/h1-34H. The molecule has 0 saturated carbocycles. The van der Waals surface area contributed by atoms with Gasteiger partial charge in [0, 0.05) is 43.6 Å². The molecular weight excluding hydrogens is 797 g/mol. The van der Waals surface area contributed by atoms with Gasteiger partial charge in [-0.25, -0.2) is 15.0 Å². The summed E-state index contributed by atoms with van der Waals surface area (Å²) in [6.45, 7) is 0. The van der Waals surface area contributed by atoms with E-state index in [4.69, 9.17) is 23.8 Å². The molecule has 0 saturated heterocycles. The molecule has 14 aromatic rings. The molecule has 0 atom stereocenters. The highest BCUT2D eigenvalue weighted by molar-refractivity contribution is 6.20. The van der Waals surface area contributed by atoms with E-state index in [1.54, 1.807) is 0 Å². The van der Waals surface area contributed by atoms with Gasteiger partial charge in [0.2, 0.25) is 0 Å². The SMILES string of the molecule is c1ccc(-c2nc(-c3ccc(-c4ccc(-n5c6cc7ccccc7cc6c6cc7ccccc7cc65)c5c4oc4ccccc45)cc3)nc(-c3cccc4c3oc3ccccc34)n2)cc1. The van der Waals surface area contributed by atoms with Crippen molar-refractivity contribution in [2.45, 2.75) is 0 Å². The summed E-state index contributed by atoms with van der Waals surface area (Å²) in [5.74, 6) is 1.71. The highest BCUT2D eigenvalue weighted by Crippen LogP contribution is 2.44. The summed E-state index contributed by atoms with van der Waals surface area (Å²) in [5.41, 5.74) is 11.2. The molecule has 0 fully saturated rings. The van der Waals surface area contributed by atoms with Gasteiger partial charge in [0.15, 0.2) is 17.5 Å². The Bertz CT molecular complexity index is 4140. The third-order valence-electron chi connectivity index (χ3n) is 13.0. The number of benzene rings is 10. The smallest absolute Gasteiger partial charge is 0.167 e. The predicted octanol–water partition coefficient (Wildman–Crippen LogP) is 15.7. The second-order valence-corrected chi connectivity index (χ2v) is 16.7. The second kappa shape index (κ2) is 13.8. The van der Waals surface area contributed by atoms with E-state index < -0.39 is 0 Å². The first-order valence-electron chi connectivity index (χ1n) is 21.8. The Morgan fingerprint density at radius 3 is 1.51 bits per heavy atom. The Kier molecular flexibility index (Phi) is 7.59. The van der Waals surface area contributed by atoms with Crippen LogP contribution in [0.2, 0.25) is 0 Å². The third-order valence-corrected chi connectivity index (χ3v) is 13.0. The van der Waals surface area contributed by atoms with Crippen LogP contribution in [0, 0.1) is 0 Å². The van der Waals surface area contributed by atoms with Crippen LogP contribution in [0.5, 0.6) is 0 Å². The molecule has 6 heteroatoms. The summed E-state index contributed by atoms with van der Waals surface area (Å²) in [5, 5.41) is 11.5. The summed E-state index contributed by atoms with van der Waals surface area (Å²) in [7, 11) is 0. The molecule has 0 amide bonds. The molecule has 0 aliphatic carbocycles. The number of aromatic nitrogens is 4. The molecule has 0 radical (unpaired) electrons. The molecule has 0 spiro atoms. The van der Waals surface area contributed by atoms with Crippen molar-refractivity contribution in [2.75, 3.05) is 0 Å². The van der Waals surface area contributed by atoms with Gasteiger partial charge < -0.3 is 13.4 Å². The Balaban J connectivity index is 0.948. The minimum absolute atomic E-state index is 0.549. The van der Waals surface area contributed by atoms with E-state index in [1.807, 2.05) is 66.7 Å². The predicted molar refractivity (Wildman–Crippen MR) is 265 cm³/mol. The molecule has 4 heterocycles. The molecular formula is C59H34N4O2. The quantitative estimate of drug-likeness (QED) is 0.173. The van der Waals surface area contributed by atoms with Crippen molar-refractivity contribution in [3.05, 3.63) is 206 Å². The van der Waals surface area contributed by atoms with E-state index in [0.29, 0.717) is 17.5 Å². The molecule has 0 N–H and O–H groups in total. The average molecular weight is 831 g/mol. The lowest BCUT2D eigenvalue weighted by Crippen LogP contribution is -2.00. The van der Waals surface area contributed by atoms with Crippen LogP contribution < -0.4 is 0 Å². The number of rotatable bonds is 5. The molecule has 14 rings (SSSR count). The lowest BCUT2D eigenvalue weighted by Gasteiger charge is -2.13. The van der Waals surface area contributed by atoms with E-state index in [2.05, 4.69) is 144 Å². The second-order valence-electron chi connectivity index (χ2n) is 16.7. The van der Waals surface area contributed by atoms with E-state index in [0.717, 1.165) is 88.4 Å². The van der Waals surface area contributed by atoms with Gasteiger partial charge in [0.1, 0.15) is 22.3 Å². The lowest BCUT2D eigenvalue weighted by atomic mass is 9.99. The highest BCUT2D eigenvalue weighted by atomic mass is 16.3. The summed E-state index contributed by atoms with van der Waals surface area (Å²) in [6.07, 6.45) is 0. The fraction of sp³-hybridized carbons (Fsp3) is 0. The third kappa shape index (κ3) is 5.51. The first kappa shape index (κ1) is 35.7. The van der Waals surface area contributed by atoms with Crippen LogP contribution in [-0.2, 0) is 0 Å². The topological polar surface area (TPSA) is 69.9 Å². The van der Waals surface area contributed by atoms with Gasteiger partial charge in [0.05, 0.1) is 27.7 Å². The zero-order valence-corrected chi connectivity index (χ0v) is 34.7. The lowest BCUT2D eigenvalue weighted by molar-refractivity contribution is 0.669. The van der Waals surface area contributed by atoms with E-state index >= 15 is 0 Å². The average Bonchev–Trinajstić information content (AvgIpc) is 4.05. The van der Waals surface area contributed by atoms with Crippen LogP contribution >= 0.6 is 0 Å². The number of para-hydroxylation sites is 3. The van der Waals surface area contributed by atoms with Crippen LogP contribution in [0.15, 0.2) is 215 Å². The molecule has 302 valence electrons. The first-order valence-corrected chi connectivity index (χ1v) is 21.8. The van der Waals surface area contributed by atoms with E-state index in [9.17, 15) is 0 Å². The maximum absolute atomic E-state index is 6.89. The Labute approximate surface area is 371 Å². The first-order chi connectivity index (χ1) is 32.2. The van der Waals surface area contributed by atoms with Crippen molar-refractivity contribution in [2.24, 2.45) is 0 Å².